The molecule has 0 radical (unpaired) electrons. The molecule has 0 spiro atoms. The largest absolute Gasteiger partial charge is 2.00 e. The Kier molecular flexibility index (Phi) is 12.7. The molecule has 12 heavy (non-hydrogen) atoms. The Balaban J connectivity index is -0.000000142. The van der Waals surface area contributed by atoms with Crippen LogP contribution in [0.5, 0.6) is 0 Å². The predicted octanol–water partition coefficient (Wildman–Crippen LogP) is 0.514. The van der Waals surface area contributed by atoms with Crippen molar-refractivity contribution in [2.45, 2.75) is 27.2 Å². The SMILES string of the molecule is CC(C)(C)C(=O)[O-].[CH2-]CC#N.[Zn+2]. The number of carbonyl (C=O) groups is 1. The molecular weight excluding hydrogens is 207 g/mol. The van der Waals surface area contributed by atoms with Gasteiger partial charge in [0.2, 0.25) is 0 Å². The normalized spacial score (nSPS) is 8.25. The molecule has 0 aliphatic rings. The number of carbonyl (C=O) groups excluding carboxylic acids is 1. The Hall–Kier alpha value is -0.417. The second kappa shape index (κ2) is 8.68. The van der Waals surface area contributed by atoms with Gasteiger partial charge in [0.15, 0.2) is 0 Å². The van der Waals surface area contributed by atoms with E-state index in [0.717, 1.165) is 0 Å². The van der Waals surface area contributed by atoms with E-state index in [0.29, 0.717) is 6.42 Å². The summed E-state index contributed by atoms with van der Waals surface area (Å²) in [6.07, 6.45) is 0.375. The standard InChI is InChI=1S/C5H10O2.C3H4N.Zn/c1-5(2,3)4(6)7;1-2-3-4;/h1-3H3,(H,6,7);1-2H2;/q;-1;+2/p-1. The van der Waals surface area contributed by atoms with Crippen LogP contribution in [0.15, 0.2) is 0 Å². The van der Waals surface area contributed by atoms with Gasteiger partial charge >= 0.3 is 19.5 Å². The molecule has 0 N–H and O–H groups in total. The number of carboxylic acid groups (broad SMARTS) is 1. The first-order valence-electron chi connectivity index (χ1n) is 3.24. The van der Waals surface area contributed by atoms with Crippen molar-refractivity contribution in [2.75, 3.05) is 0 Å². The van der Waals surface area contributed by atoms with Gasteiger partial charge in [0, 0.05) is 17.5 Å². The smallest absolute Gasteiger partial charge is 0.550 e. The van der Waals surface area contributed by atoms with E-state index in [9.17, 15) is 9.90 Å². The maximum Gasteiger partial charge on any atom is 2.00 e. The van der Waals surface area contributed by atoms with E-state index in [1.54, 1.807) is 20.8 Å². The van der Waals surface area contributed by atoms with E-state index >= 15 is 0 Å². The Morgan fingerprint density at radius 1 is 1.58 bits per heavy atom. The van der Waals surface area contributed by atoms with Gasteiger partial charge in [-0.15, -0.1) is 0 Å². The minimum absolute atomic E-state index is 0. The van der Waals surface area contributed by atoms with Crippen molar-refractivity contribution in [2.24, 2.45) is 5.41 Å². The van der Waals surface area contributed by atoms with Crippen LogP contribution in [0, 0.1) is 23.7 Å². The van der Waals surface area contributed by atoms with Crippen LogP contribution in [0.1, 0.15) is 27.2 Å². The topological polar surface area (TPSA) is 63.9 Å². The Bertz CT molecular complexity index is 155. The van der Waals surface area contributed by atoms with Gasteiger partial charge in [-0.05, 0) is 0 Å². The molecule has 0 saturated heterocycles. The van der Waals surface area contributed by atoms with Crippen LogP contribution in [-0.2, 0) is 24.3 Å². The third-order valence-electron chi connectivity index (χ3n) is 0.724. The van der Waals surface area contributed by atoms with Crippen molar-refractivity contribution in [1.82, 2.24) is 0 Å². The number of aliphatic carboxylic acids is 1. The summed E-state index contributed by atoms with van der Waals surface area (Å²) in [5, 5.41) is 17.5. The minimum Gasteiger partial charge on any atom is -0.550 e. The van der Waals surface area contributed by atoms with Crippen LogP contribution in [0.2, 0.25) is 0 Å². The molecule has 0 aromatic carbocycles. The van der Waals surface area contributed by atoms with Gasteiger partial charge in [0.1, 0.15) is 0 Å². The fraction of sp³-hybridized carbons (Fsp3) is 0.625. The molecule has 0 aromatic heterocycles. The summed E-state index contributed by atoms with van der Waals surface area (Å²) in [4.78, 5) is 9.91. The molecule has 64 valence electrons. The number of nitrogens with zero attached hydrogens (tertiary/aromatic N) is 1. The second-order valence-corrected chi connectivity index (χ2v) is 2.95. The van der Waals surface area contributed by atoms with Gasteiger partial charge in [-0.1, -0.05) is 27.2 Å². The Morgan fingerprint density at radius 3 is 1.75 bits per heavy atom. The molecule has 3 nitrogen and oxygen atoms in total. The minimum atomic E-state index is -1.01. The van der Waals surface area contributed by atoms with E-state index < -0.39 is 11.4 Å². The van der Waals surface area contributed by atoms with Crippen molar-refractivity contribution in [3.63, 3.8) is 0 Å². The summed E-state index contributed by atoms with van der Waals surface area (Å²) in [6.45, 7) is 8.04. The van der Waals surface area contributed by atoms with Crippen molar-refractivity contribution < 1.29 is 29.4 Å². The van der Waals surface area contributed by atoms with E-state index in [1.165, 1.54) is 0 Å². The Morgan fingerprint density at radius 2 is 1.75 bits per heavy atom. The molecule has 0 bridgehead atoms. The first kappa shape index (κ1) is 17.6. The molecule has 0 saturated carbocycles. The molecule has 4 heteroatoms. The fourth-order valence-electron chi connectivity index (χ4n) is 0. The van der Waals surface area contributed by atoms with Gasteiger partial charge in [0.05, 0.1) is 0 Å². The summed E-state index contributed by atoms with van der Waals surface area (Å²) in [6, 6.07) is 1.82. The number of hydrogen-bond donors (Lipinski definition) is 0. The quantitative estimate of drug-likeness (QED) is 0.442. The van der Waals surface area contributed by atoms with Crippen molar-refractivity contribution in [3.8, 4) is 6.07 Å². The number of hydrogen-bond acceptors (Lipinski definition) is 3. The van der Waals surface area contributed by atoms with Crippen molar-refractivity contribution in [3.05, 3.63) is 6.92 Å². The van der Waals surface area contributed by atoms with Gasteiger partial charge in [-0.25, -0.2) is 5.26 Å². The fourth-order valence-corrected chi connectivity index (χ4v) is 0. The zero-order valence-corrected chi connectivity index (χ0v) is 10.9. The molecule has 0 amide bonds. The molecule has 0 atom stereocenters. The second-order valence-electron chi connectivity index (χ2n) is 2.95. The van der Waals surface area contributed by atoms with E-state index in [4.69, 9.17) is 5.26 Å². The van der Waals surface area contributed by atoms with Crippen LogP contribution in [0.25, 0.3) is 0 Å². The average molecular weight is 221 g/mol. The number of rotatable bonds is 0. The molecule has 0 aliphatic heterocycles. The zero-order valence-electron chi connectivity index (χ0n) is 7.89. The van der Waals surface area contributed by atoms with Crippen LogP contribution in [0.4, 0.5) is 0 Å². The Labute approximate surface area is 86.5 Å². The average Bonchev–Trinajstić information content (AvgIpc) is 1.87. The predicted molar refractivity (Wildman–Crippen MR) is 40.0 cm³/mol. The van der Waals surface area contributed by atoms with Gasteiger partial charge in [-0.2, -0.15) is 0 Å². The molecule has 0 aromatic rings. The van der Waals surface area contributed by atoms with Gasteiger partial charge in [-0.3, -0.25) is 0 Å². The summed E-state index contributed by atoms with van der Waals surface area (Å²) < 4.78 is 0. The summed E-state index contributed by atoms with van der Waals surface area (Å²) >= 11 is 0. The maximum atomic E-state index is 9.91. The van der Waals surface area contributed by atoms with Gasteiger partial charge in [0.25, 0.3) is 0 Å². The van der Waals surface area contributed by atoms with Crippen molar-refractivity contribution in [1.29, 1.82) is 5.26 Å². The molecule has 0 aliphatic carbocycles. The van der Waals surface area contributed by atoms with Crippen LogP contribution in [-0.4, -0.2) is 5.97 Å². The van der Waals surface area contributed by atoms with E-state index in [1.807, 2.05) is 6.07 Å². The maximum absolute atomic E-state index is 9.91. The molecule has 0 heterocycles. The molecule has 0 unspecified atom stereocenters. The monoisotopic (exact) mass is 219 g/mol. The van der Waals surface area contributed by atoms with Crippen LogP contribution < -0.4 is 5.11 Å². The van der Waals surface area contributed by atoms with Crippen molar-refractivity contribution >= 4 is 5.97 Å². The zero-order chi connectivity index (χ0) is 9.49. The van der Waals surface area contributed by atoms with Gasteiger partial charge < -0.3 is 16.8 Å². The summed E-state index contributed by atoms with van der Waals surface area (Å²) in [5.74, 6) is -1.01. The van der Waals surface area contributed by atoms with E-state index in [-0.39, 0.29) is 19.5 Å². The molecule has 0 fully saturated rings. The summed E-state index contributed by atoms with van der Waals surface area (Å²) in [7, 11) is 0. The molecule has 0 rings (SSSR count). The number of nitriles is 1. The first-order valence-corrected chi connectivity index (χ1v) is 3.24. The third kappa shape index (κ3) is 16.3. The first-order chi connectivity index (χ1) is 4.86. The molecular formula is C8H13NO2Zn. The summed E-state index contributed by atoms with van der Waals surface area (Å²) in [5.41, 5.74) is -0.694. The van der Waals surface area contributed by atoms with E-state index in [2.05, 4.69) is 6.92 Å². The number of carboxylic acids is 1. The van der Waals surface area contributed by atoms with Crippen LogP contribution >= 0.6 is 0 Å². The third-order valence-corrected chi connectivity index (χ3v) is 0.724. The van der Waals surface area contributed by atoms with Crippen LogP contribution in [0.3, 0.4) is 0 Å².